The van der Waals surface area contributed by atoms with Crippen LogP contribution in [0.25, 0.3) is 0 Å². The maximum atomic E-state index is 12.6. The minimum absolute atomic E-state index is 0.269. The molecule has 0 aliphatic carbocycles. The Morgan fingerprint density at radius 3 is 2.55 bits per heavy atom. The van der Waals surface area contributed by atoms with E-state index in [9.17, 15) is 13.2 Å². The van der Waals surface area contributed by atoms with Crippen molar-refractivity contribution < 1.29 is 13.2 Å². The van der Waals surface area contributed by atoms with E-state index in [1.54, 1.807) is 11.3 Å². The van der Waals surface area contributed by atoms with Crippen molar-refractivity contribution in [3.63, 3.8) is 0 Å². The molecule has 1 heterocycles. The van der Waals surface area contributed by atoms with Gasteiger partial charge in [0.15, 0.2) is 0 Å². The smallest absolute Gasteiger partial charge is 0.379 e. The van der Waals surface area contributed by atoms with Gasteiger partial charge in [-0.2, -0.15) is 13.2 Å². The lowest BCUT2D eigenvalue weighted by atomic mass is 10.2. The minimum Gasteiger partial charge on any atom is -0.379 e. The van der Waals surface area contributed by atoms with E-state index in [4.69, 9.17) is 11.6 Å². The van der Waals surface area contributed by atoms with Crippen molar-refractivity contribution in [1.82, 2.24) is 0 Å². The number of alkyl halides is 3. The fourth-order valence-electron chi connectivity index (χ4n) is 1.62. The summed E-state index contributed by atoms with van der Waals surface area (Å²) in [5.41, 5.74) is -0.434. The van der Waals surface area contributed by atoms with Crippen LogP contribution in [0.2, 0.25) is 5.02 Å². The van der Waals surface area contributed by atoms with E-state index >= 15 is 0 Å². The number of hydrogen-bond acceptors (Lipinski definition) is 2. The molecule has 0 spiro atoms. The van der Waals surface area contributed by atoms with Crippen molar-refractivity contribution in [3.8, 4) is 0 Å². The van der Waals surface area contributed by atoms with Gasteiger partial charge in [-0.15, -0.1) is 11.3 Å². The predicted molar refractivity (Wildman–Crippen MR) is 80.5 cm³/mol. The van der Waals surface area contributed by atoms with Gasteiger partial charge in [-0.05, 0) is 47.1 Å². The van der Waals surface area contributed by atoms with Crippen LogP contribution in [0.5, 0.6) is 0 Å². The molecule has 1 nitrogen and oxygen atoms in total. The molecule has 2 aromatic rings. The van der Waals surface area contributed by atoms with Gasteiger partial charge in [0.25, 0.3) is 0 Å². The van der Waals surface area contributed by atoms with Gasteiger partial charge < -0.3 is 5.32 Å². The minimum atomic E-state index is -4.37. The number of anilines is 1. The van der Waals surface area contributed by atoms with Crippen molar-refractivity contribution in [3.05, 3.63) is 49.1 Å². The Morgan fingerprint density at radius 1 is 1.30 bits per heavy atom. The highest BCUT2D eigenvalue weighted by Gasteiger charge is 2.30. The SMILES string of the molecule is Cc1sc(CNc2cc(C(F)(F)F)ccc2Cl)cc1Br. The zero-order valence-electron chi connectivity index (χ0n) is 10.3. The second kappa shape index (κ2) is 5.95. The van der Waals surface area contributed by atoms with E-state index in [-0.39, 0.29) is 10.7 Å². The van der Waals surface area contributed by atoms with E-state index in [1.807, 2.05) is 13.0 Å². The van der Waals surface area contributed by atoms with Crippen LogP contribution in [0.3, 0.4) is 0 Å². The number of halogens is 5. The zero-order valence-corrected chi connectivity index (χ0v) is 13.5. The van der Waals surface area contributed by atoms with Gasteiger partial charge in [0.1, 0.15) is 0 Å². The largest absolute Gasteiger partial charge is 0.416 e. The summed E-state index contributed by atoms with van der Waals surface area (Å²) in [6, 6.07) is 5.19. The average molecular weight is 385 g/mol. The maximum Gasteiger partial charge on any atom is 0.416 e. The van der Waals surface area contributed by atoms with Crippen LogP contribution >= 0.6 is 38.9 Å². The summed E-state index contributed by atoms with van der Waals surface area (Å²) in [4.78, 5) is 2.14. The molecule has 0 aliphatic heterocycles. The van der Waals surface area contributed by atoms with Gasteiger partial charge in [-0.3, -0.25) is 0 Å². The van der Waals surface area contributed by atoms with Crippen LogP contribution in [-0.2, 0) is 12.7 Å². The summed E-state index contributed by atoms with van der Waals surface area (Å²) >= 11 is 10.9. The summed E-state index contributed by atoms with van der Waals surface area (Å²) in [6.07, 6.45) is -4.37. The van der Waals surface area contributed by atoms with Crippen molar-refractivity contribution in [2.45, 2.75) is 19.6 Å². The lowest BCUT2D eigenvalue weighted by Gasteiger charge is -2.11. The topological polar surface area (TPSA) is 12.0 Å². The van der Waals surface area contributed by atoms with Crippen LogP contribution < -0.4 is 5.32 Å². The Labute approximate surface area is 131 Å². The Kier molecular flexibility index (Phi) is 4.66. The van der Waals surface area contributed by atoms with Crippen LogP contribution in [0.1, 0.15) is 15.3 Å². The van der Waals surface area contributed by atoms with E-state index < -0.39 is 11.7 Å². The third-order valence-electron chi connectivity index (χ3n) is 2.65. The fraction of sp³-hybridized carbons (Fsp3) is 0.231. The second-order valence-electron chi connectivity index (χ2n) is 4.16. The molecule has 1 aromatic carbocycles. The van der Waals surface area contributed by atoms with Crippen LogP contribution in [0, 0.1) is 6.92 Å². The molecule has 0 saturated heterocycles. The van der Waals surface area contributed by atoms with Crippen molar-refractivity contribution in [2.75, 3.05) is 5.32 Å². The number of hydrogen-bond donors (Lipinski definition) is 1. The van der Waals surface area contributed by atoms with Gasteiger partial charge in [-0.1, -0.05) is 11.6 Å². The second-order valence-corrected chi connectivity index (χ2v) is 6.77. The molecule has 0 fully saturated rings. The summed E-state index contributed by atoms with van der Waals surface area (Å²) in [5.74, 6) is 0. The number of benzene rings is 1. The standard InChI is InChI=1S/C13H10BrClF3NS/c1-7-10(14)5-9(20-7)6-19-12-4-8(13(16,17)18)2-3-11(12)15/h2-5,19H,6H2,1H3. The van der Waals surface area contributed by atoms with Crippen LogP contribution in [0.4, 0.5) is 18.9 Å². The van der Waals surface area contributed by atoms with Crippen LogP contribution in [-0.4, -0.2) is 0 Å². The first kappa shape index (κ1) is 15.7. The highest BCUT2D eigenvalue weighted by Crippen LogP contribution is 2.34. The first-order chi connectivity index (χ1) is 9.27. The van der Waals surface area contributed by atoms with Crippen molar-refractivity contribution >= 4 is 44.6 Å². The normalized spacial score (nSPS) is 11.7. The van der Waals surface area contributed by atoms with Crippen molar-refractivity contribution in [1.29, 1.82) is 0 Å². The Bertz CT molecular complexity index is 605. The molecule has 0 unspecified atom stereocenters. The zero-order chi connectivity index (χ0) is 14.9. The fourth-order valence-corrected chi connectivity index (χ4v) is 3.35. The first-order valence-electron chi connectivity index (χ1n) is 5.63. The monoisotopic (exact) mass is 383 g/mol. The Morgan fingerprint density at radius 2 is 2.00 bits per heavy atom. The third-order valence-corrected chi connectivity index (χ3v) is 5.12. The van der Waals surface area contributed by atoms with Crippen LogP contribution in [0.15, 0.2) is 28.7 Å². The van der Waals surface area contributed by atoms with Crippen molar-refractivity contribution in [2.24, 2.45) is 0 Å². The van der Waals surface area contributed by atoms with Gasteiger partial charge >= 0.3 is 6.18 Å². The Balaban J connectivity index is 2.16. The molecular formula is C13H10BrClF3NS. The highest BCUT2D eigenvalue weighted by atomic mass is 79.9. The molecule has 1 N–H and O–H groups in total. The Hall–Kier alpha value is -0.720. The molecule has 108 valence electrons. The van der Waals surface area contributed by atoms with E-state index in [2.05, 4.69) is 21.2 Å². The lowest BCUT2D eigenvalue weighted by molar-refractivity contribution is -0.137. The molecule has 0 amide bonds. The molecule has 2 rings (SSSR count). The molecule has 1 aromatic heterocycles. The summed E-state index contributed by atoms with van der Waals surface area (Å²) < 4.78 is 38.9. The highest BCUT2D eigenvalue weighted by molar-refractivity contribution is 9.10. The molecule has 0 aliphatic rings. The molecule has 0 bridgehead atoms. The first-order valence-corrected chi connectivity index (χ1v) is 7.61. The molecule has 20 heavy (non-hydrogen) atoms. The van der Waals surface area contributed by atoms with E-state index in [0.29, 0.717) is 6.54 Å². The molecule has 0 radical (unpaired) electrons. The number of aryl methyl sites for hydroxylation is 1. The molecule has 0 saturated carbocycles. The van der Waals surface area contributed by atoms with E-state index in [0.717, 1.165) is 26.4 Å². The molecule has 7 heteroatoms. The summed E-state index contributed by atoms with van der Waals surface area (Å²) in [6.45, 7) is 2.40. The molecule has 0 atom stereocenters. The third kappa shape index (κ3) is 3.68. The van der Waals surface area contributed by atoms with Gasteiger partial charge in [0.05, 0.1) is 16.3 Å². The predicted octanol–water partition coefficient (Wildman–Crippen LogP) is 6.10. The summed E-state index contributed by atoms with van der Waals surface area (Å²) in [5, 5.41) is 3.21. The quantitative estimate of drug-likeness (QED) is 0.674. The summed E-state index contributed by atoms with van der Waals surface area (Å²) in [7, 11) is 0. The maximum absolute atomic E-state index is 12.6. The van der Waals surface area contributed by atoms with Gasteiger partial charge in [0.2, 0.25) is 0 Å². The molecular weight excluding hydrogens is 375 g/mol. The number of nitrogens with one attached hydrogen (secondary N) is 1. The van der Waals surface area contributed by atoms with E-state index in [1.165, 1.54) is 6.07 Å². The average Bonchev–Trinajstić information content (AvgIpc) is 2.66. The van der Waals surface area contributed by atoms with Gasteiger partial charge in [0, 0.05) is 20.8 Å². The lowest BCUT2D eigenvalue weighted by Crippen LogP contribution is -2.06. The number of rotatable bonds is 3. The van der Waals surface area contributed by atoms with Gasteiger partial charge in [-0.25, -0.2) is 0 Å². The number of thiophene rings is 1.